The Labute approximate surface area is 146 Å². The van der Waals surface area contributed by atoms with Crippen molar-refractivity contribution in [2.45, 2.75) is 37.8 Å². The smallest absolute Gasteiger partial charge is 0.406 e. The number of rotatable bonds is 4. The van der Waals surface area contributed by atoms with Crippen molar-refractivity contribution < 1.29 is 32.3 Å². The summed E-state index contributed by atoms with van der Waals surface area (Å²) in [5.74, 6) is -1.79. The third kappa shape index (κ3) is 3.64. The van der Waals surface area contributed by atoms with Crippen LogP contribution in [0.3, 0.4) is 0 Å². The number of hydrogen-bond acceptors (Lipinski definition) is 8. The number of H-pyrrole nitrogens is 1. The molecule has 0 aromatic carbocycles. The Kier molecular flexibility index (Phi) is 5.13. The third-order valence-electron chi connectivity index (χ3n) is 4.00. The van der Waals surface area contributed by atoms with Gasteiger partial charge in [0.05, 0.1) is 19.9 Å². The van der Waals surface area contributed by atoms with Crippen LogP contribution in [0.5, 0.6) is 0 Å². The van der Waals surface area contributed by atoms with Crippen LogP contribution in [0.25, 0.3) is 0 Å². The zero-order chi connectivity index (χ0) is 19.1. The van der Waals surface area contributed by atoms with E-state index in [-0.39, 0.29) is 13.0 Å². The minimum Gasteiger partial charge on any atom is -0.468 e. The predicted octanol–water partition coefficient (Wildman–Crippen LogP) is -0.362. The molecule has 13 heteroatoms. The number of esters is 1. The van der Waals surface area contributed by atoms with E-state index < -0.39 is 55.3 Å². The molecule has 2 saturated heterocycles. The Morgan fingerprint density at radius 3 is 2.92 bits per heavy atom. The number of halogens is 1. The third-order valence-corrected chi connectivity index (χ3v) is 5.75. The van der Waals surface area contributed by atoms with Gasteiger partial charge < -0.3 is 9.47 Å². The van der Waals surface area contributed by atoms with Crippen LogP contribution in [-0.4, -0.2) is 47.5 Å². The van der Waals surface area contributed by atoms with E-state index >= 15 is 0 Å². The maximum Gasteiger partial charge on any atom is 0.406 e. The summed E-state index contributed by atoms with van der Waals surface area (Å²) < 4.78 is 47.6. The lowest BCUT2D eigenvalue weighted by molar-refractivity contribution is -0.142. The maximum atomic E-state index is 13.4. The number of carbonyl (C=O) groups is 1. The van der Waals surface area contributed by atoms with Gasteiger partial charge in [-0.15, -0.1) is 0 Å². The number of hydrogen-bond donors (Lipinski definition) is 2. The van der Waals surface area contributed by atoms with Gasteiger partial charge in [0.25, 0.3) is 5.56 Å². The zero-order valence-electron chi connectivity index (χ0n) is 13.8. The van der Waals surface area contributed by atoms with Crippen molar-refractivity contribution in [2.24, 2.45) is 0 Å². The fraction of sp³-hybridized carbons (Fsp3) is 0.615. The molecule has 2 N–H and O–H groups in total. The Hall–Kier alpha value is -1.85. The van der Waals surface area contributed by atoms with E-state index in [0.717, 1.165) is 10.8 Å². The minimum atomic E-state index is -3.80. The van der Waals surface area contributed by atoms with Crippen LogP contribution in [0.4, 0.5) is 4.39 Å². The van der Waals surface area contributed by atoms with E-state index in [1.54, 1.807) is 0 Å². The molecular weight excluding hydrogens is 376 g/mol. The molecule has 2 aliphatic rings. The lowest BCUT2D eigenvalue weighted by Crippen LogP contribution is -2.40. The molecule has 0 unspecified atom stereocenters. The van der Waals surface area contributed by atoms with Crippen LogP contribution in [0.15, 0.2) is 15.8 Å². The van der Waals surface area contributed by atoms with E-state index in [2.05, 4.69) is 9.82 Å². The van der Waals surface area contributed by atoms with Gasteiger partial charge >= 0.3 is 19.4 Å². The number of aromatic nitrogens is 2. The predicted molar refractivity (Wildman–Crippen MR) is 82.9 cm³/mol. The summed E-state index contributed by atoms with van der Waals surface area (Å²) in [5.41, 5.74) is -1.98. The minimum absolute atomic E-state index is 0.0672. The summed E-state index contributed by atoms with van der Waals surface area (Å²) in [6.45, 7) is 1.31. The van der Waals surface area contributed by atoms with Gasteiger partial charge in [-0.2, -0.15) is 4.39 Å². The highest BCUT2D eigenvalue weighted by molar-refractivity contribution is 7.51. The summed E-state index contributed by atoms with van der Waals surface area (Å²) in [4.78, 5) is 36.2. The number of methoxy groups -OCH3 is 1. The molecule has 0 radical (unpaired) electrons. The number of ether oxygens (including phenoxy) is 2. The highest BCUT2D eigenvalue weighted by Gasteiger charge is 2.48. The quantitative estimate of drug-likeness (QED) is 0.519. The molecule has 0 spiro atoms. The number of fused-ring (bicyclic) bond motifs is 1. The summed E-state index contributed by atoms with van der Waals surface area (Å²) in [6, 6.07) is -0.934. The average Bonchev–Trinajstić information content (AvgIpc) is 2.99. The molecule has 11 nitrogen and oxygen atoms in total. The molecular formula is C13H17FN3O8P. The van der Waals surface area contributed by atoms with E-state index in [1.165, 1.54) is 14.0 Å². The molecule has 2 aliphatic heterocycles. The van der Waals surface area contributed by atoms with Crippen LogP contribution in [0.1, 0.15) is 19.6 Å². The van der Waals surface area contributed by atoms with Gasteiger partial charge in [0.15, 0.2) is 0 Å². The monoisotopic (exact) mass is 393 g/mol. The van der Waals surface area contributed by atoms with Crippen LogP contribution in [0, 0.1) is 5.82 Å². The van der Waals surface area contributed by atoms with Gasteiger partial charge in [-0.25, -0.2) is 14.4 Å². The first-order valence-corrected chi connectivity index (χ1v) is 9.21. The molecule has 3 heterocycles. The van der Waals surface area contributed by atoms with Crippen molar-refractivity contribution in [3.8, 4) is 0 Å². The van der Waals surface area contributed by atoms with Crippen molar-refractivity contribution in [2.75, 3.05) is 13.7 Å². The number of nitrogens with zero attached hydrogens (tertiary/aromatic N) is 1. The Bertz CT molecular complexity index is 870. The molecule has 1 aromatic heterocycles. The molecule has 0 aliphatic carbocycles. The van der Waals surface area contributed by atoms with Crippen molar-refractivity contribution in [3.63, 3.8) is 0 Å². The first-order valence-electron chi connectivity index (χ1n) is 7.67. The maximum absolute atomic E-state index is 13.4. The van der Waals surface area contributed by atoms with Gasteiger partial charge in [-0.3, -0.25) is 28.2 Å². The van der Waals surface area contributed by atoms with E-state index in [4.69, 9.17) is 13.8 Å². The number of carbonyl (C=O) groups excluding carboxylic acids is 1. The second-order valence-electron chi connectivity index (χ2n) is 5.82. The molecule has 1 aromatic rings. The molecule has 144 valence electrons. The summed E-state index contributed by atoms with van der Waals surface area (Å²) >= 11 is 0. The highest BCUT2D eigenvalue weighted by Crippen LogP contribution is 2.52. The van der Waals surface area contributed by atoms with Crippen LogP contribution in [-0.2, 0) is 27.9 Å². The van der Waals surface area contributed by atoms with E-state index in [0.29, 0.717) is 0 Å². The lowest BCUT2D eigenvalue weighted by atomic mass is 10.2. The second-order valence-corrected chi connectivity index (χ2v) is 7.54. The summed E-state index contributed by atoms with van der Waals surface area (Å²) in [7, 11) is -2.62. The average molecular weight is 393 g/mol. The first-order chi connectivity index (χ1) is 12.2. The largest absolute Gasteiger partial charge is 0.468 e. The highest BCUT2D eigenvalue weighted by atomic mass is 31.2. The second kappa shape index (κ2) is 7.05. The fourth-order valence-corrected chi connectivity index (χ4v) is 4.42. The molecule has 5 atom stereocenters. The Morgan fingerprint density at radius 1 is 1.50 bits per heavy atom. The molecule has 0 saturated carbocycles. The first kappa shape index (κ1) is 18.9. The molecule has 3 rings (SSSR count). The molecule has 2 fully saturated rings. The van der Waals surface area contributed by atoms with Gasteiger partial charge in [-0.1, -0.05) is 0 Å². The Morgan fingerprint density at radius 2 is 2.23 bits per heavy atom. The normalized spacial score (nSPS) is 32.0. The van der Waals surface area contributed by atoms with Gasteiger partial charge in [0.2, 0.25) is 5.82 Å². The lowest BCUT2D eigenvalue weighted by Gasteiger charge is -2.31. The topological polar surface area (TPSA) is 138 Å². The molecule has 0 amide bonds. The van der Waals surface area contributed by atoms with Gasteiger partial charge in [-0.05, 0) is 6.92 Å². The van der Waals surface area contributed by atoms with Crippen molar-refractivity contribution in [1.29, 1.82) is 0 Å². The van der Waals surface area contributed by atoms with Crippen LogP contribution >= 0.6 is 7.75 Å². The van der Waals surface area contributed by atoms with Crippen LogP contribution in [0.2, 0.25) is 0 Å². The van der Waals surface area contributed by atoms with E-state index in [1.807, 2.05) is 4.98 Å². The summed E-state index contributed by atoms with van der Waals surface area (Å²) in [6.07, 6.45) is -1.51. The van der Waals surface area contributed by atoms with Crippen molar-refractivity contribution in [1.82, 2.24) is 14.6 Å². The number of nitrogens with one attached hydrogen (secondary N) is 2. The standard InChI is InChI=1S/C13H17FN3O8P/c1-6(12(19)22-2)16-26(21)23-5-9-8(25-26)3-10(24-9)17-4-7(14)11(18)15-13(17)20/h4,6,8-10H,3,5H2,1-2H3,(H,16,21)(H,15,18,20)/t6-,8-,9+,10+,26-/m0/s1. The van der Waals surface area contributed by atoms with Gasteiger partial charge in [0.1, 0.15) is 24.5 Å². The van der Waals surface area contributed by atoms with Gasteiger partial charge in [0, 0.05) is 6.42 Å². The van der Waals surface area contributed by atoms with E-state index in [9.17, 15) is 23.3 Å². The fourth-order valence-electron chi connectivity index (χ4n) is 2.72. The van der Waals surface area contributed by atoms with Crippen molar-refractivity contribution >= 4 is 13.7 Å². The summed E-state index contributed by atoms with van der Waals surface area (Å²) in [5, 5.41) is 2.45. The number of aromatic amines is 1. The zero-order valence-corrected chi connectivity index (χ0v) is 14.7. The van der Waals surface area contributed by atoms with Crippen molar-refractivity contribution in [3.05, 3.63) is 32.9 Å². The molecule has 26 heavy (non-hydrogen) atoms. The molecule has 0 bridgehead atoms. The Balaban J connectivity index is 1.73. The van der Waals surface area contributed by atoms with Crippen LogP contribution < -0.4 is 16.3 Å². The SMILES string of the molecule is COC(=O)[C@H](C)N[P@]1(=O)OC[C@H]2O[C@@H](n3cc(F)c(=O)[nH]c3=O)C[C@@H]2O1.